The van der Waals surface area contributed by atoms with Crippen molar-refractivity contribution in [2.75, 3.05) is 24.5 Å². The summed E-state index contributed by atoms with van der Waals surface area (Å²) in [6.07, 6.45) is 0. The lowest BCUT2D eigenvalue weighted by Gasteiger charge is -2.30. The standard InChI is InChI=1S/C20H21N3O5S2/c1-3-22(4-2)11-7-5-10(6-8-11)13-14-16(29-17-15(13)30-20(28)21-17)19(27)23(18(14)26)9-12(24)25/h5-8,13-14,16H,3-4,9H2,1-2H3,(H,21,28)(H,24,25)/t13-,14?,16?/m0/s1. The van der Waals surface area contributed by atoms with E-state index < -0.39 is 41.4 Å². The number of imide groups is 1. The Morgan fingerprint density at radius 3 is 2.40 bits per heavy atom. The lowest BCUT2D eigenvalue weighted by atomic mass is 9.83. The van der Waals surface area contributed by atoms with E-state index in [0.717, 1.165) is 57.2 Å². The number of aromatic amines is 1. The van der Waals surface area contributed by atoms with Crippen LogP contribution in [0.5, 0.6) is 0 Å². The van der Waals surface area contributed by atoms with Crippen LogP contribution in [0.15, 0.2) is 34.1 Å². The van der Waals surface area contributed by atoms with Gasteiger partial charge in [0.25, 0.3) is 0 Å². The van der Waals surface area contributed by atoms with E-state index in [2.05, 4.69) is 23.7 Å². The molecule has 2 aliphatic rings. The maximum Gasteiger partial charge on any atom is 0.323 e. The summed E-state index contributed by atoms with van der Waals surface area (Å²) in [4.78, 5) is 55.4. The van der Waals surface area contributed by atoms with Crippen molar-refractivity contribution < 1.29 is 19.5 Å². The third-order valence-electron chi connectivity index (χ3n) is 5.59. The van der Waals surface area contributed by atoms with E-state index in [9.17, 15) is 19.2 Å². The number of likely N-dealkylation sites (tertiary alicyclic amines) is 1. The van der Waals surface area contributed by atoms with Gasteiger partial charge in [0.2, 0.25) is 11.8 Å². The Morgan fingerprint density at radius 2 is 1.80 bits per heavy atom. The molecule has 0 bridgehead atoms. The maximum atomic E-state index is 13.1. The zero-order valence-electron chi connectivity index (χ0n) is 16.5. The van der Waals surface area contributed by atoms with Gasteiger partial charge in [0.1, 0.15) is 11.8 Å². The average Bonchev–Trinajstić information content (AvgIpc) is 3.20. The van der Waals surface area contributed by atoms with Gasteiger partial charge in [0.05, 0.1) is 10.9 Å². The molecule has 0 radical (unpaired) electrons. The first kappa shape index (κ1) is 20.7. The van der Waals surface area contributed by atoms with E-state index in [4.69, 9.17) is 5.11 Å². The Bertz CT molecular complexity index is 1060. The normalized spacial score (nSPS) is 22.7. The number of fused-ring (bicyclic) bond motifs is 2. The number of aromatic nitrogens is 1. The van der Waals surface area contributed by atoms with Gasteiger partial charge in [0, 0.05) is 29.6 Å². The molecule has 2 N–H and O–H groups in total. The first-order valence-electron chi connectivity index (χ1n) is 9.67. The van der Waals surface area contributed by atoms with Gasteiger partial charge in [-0.05, 0) is 31.5 Å². The van der Waals surface area contributed by atoms with Gasteiger partial charge in [-0.2, -0.15) is 0 Å². The molecule has 0 saturated carbocycles. The monoisotopic (exact) mass is 447 g/mol. The summed E-state index contributed by atoms with van der Waals surface area (Å²) in [5, 5.41) is 8.96. The number of nitrogens with one attached hydrogen (secondary N) is 1. The third-order valence-corrected chi connectivity index (χ3v) is 7.99. The van der Waals surface area contributed by atoms with Gasteiger partial charge in [0.15, 0.2) is 0 Å². The van der Waals surface area contributed by atoms with Crippen LogP contribution in [0.4, 0.5) is 5.69 Å². The number of rotatable bonds is 6. The molecule has 3 heterocycles. The molecule has 8 nitrogen and oxygen atoms in total. The summed E-state index contributed by atoms with van der Waals surface area (Å²) in [7, 11) is 0. The van der Waals surface area contributed by atoms with E-state index in [-0.39, 0.29) is 4.87 Å². The second kappa shape index (κ2) is 7.92. The van der Waals surface area contributed by atoms with Crippen molar-refractivity contribution >= 4 is 46.6 Å². The van der Waals surface area contributed by atoms with E-state index >= 15 is 0 Å². The number of carbonyl (C=O) groups is 3. The molecule has 2 aromatic rings. The van der Waals surface area contributed by atoms with Crippen LogP contribution in [-0.2, 0) is 14.4 Å². The molecule has 4 rings (SSSR count). The predicted molar refractivity (Wildman–Crippen MR) is 114 cm³/mol. The summed E-state index contributed by atoms with van der Waals surface area (Å²) in [6, 6.07) is 7.81. The fourth-order valence-electron chi connectivity index (χ4n) is 4.21. The Balaban J connectivity index is 1.78. The summed E-state index contributed by atoms with van der Waals surface area (Å²) < 4.78 is 0. The smallest absolute Gasteiger partial charge is 0.323 e. The lowest BCUT2D eigenvalue weighted by Crippen LogP contribution is -2.36. The molecule has 158 valence electrons. The Kier molecular flexibility index (Phi) is 5.46. The lowest BCUT2D eigenvalue weighted by molar-refractivity contribution is -0.149. The highest BCUT2D eigenvalue weighted by molar-refractivity contribution is 8.00. The van der Waals surface area contributed by atoms with Crippen LogP contribution in [0.3, 0.4) is 0 Å². The molecule has 1 aromatic heterocycles. The van der Waals surface area contributed by atoms with Crippen molar-refractivity contribution in [3.8, 4) is 0 Å². The highest BCUT2D eigenvalue weighted by atomic mass is 32.2. The molecule has 1 fully saturated rings. The topological polar surface area (TPSA) is 111 Å². The average molecular weight is 448 g/mol. The number of amides is 2. The fourth-order valence-corrected chi connectivity index (χ4v) is 6.74. The first-order chi connectivity index (χ1) is 14.3. The number of nitrogens with zero attached hydrogens (tertiary/aromatic N) is 2. The molecular weight excluding hydrogens is 426 g/mol. The number of carboxylic acid groups (broad SMARTS) is 1. The van der Waals surface area contributed by atoms with Crippen molar-refractivity contribution in [3.63, 3.8) is 0 Å². The minimum atomic E-state index is -1.23. The Morgan fingerprint density at radius 1 is 1.13 bits per heavy atom. The van der Waals surface area contributed by atoms with E-state index in [0.29, 0.717) is 5.03 Å². The van der Waals surface area contributed by atoms with E-state index in [1.807, 2.05) is 24.3 Å². The number of carbonyl (C=O) groups excluding carboxylic acids is 2. The molecule has 3 atom stereocenters. The second-order valence-electron chi connectivity index (χ2n) is 7.17. The molecule has 2 unspecified atom stereocenters. The van der Waals surface area contributed by atoms with Crippen molar-refractivity contribution in [1.82, 2.24) is 9.88 Å². The summed E-state index contributed by atoms with van der Waals surface area (Å²) in [5.41, 5.74) is 1.88. The number of thiazole rings is 1. The van der Waals surface area contributed by atoms with Gasteiger partial charge >= 0.3 is 10.8 Å². The van der Waals surface area contributed by atoms with Crippen LogP contribution in [0.2, 0.25) is 0 Å². The van der Waals surface area contributed by atoms with Crippen LogP contribution in [0.25, 0.3) is 0 Å². The minimum Gasteiger partial charge on any atom is -0.480 e. The molecule has 0 aliphatic carbocycles. The summed E-state index contributed by atoms with van der Waals surface area (Å²) >= 11 is 2.19. The molecule has 2 aliphatic heterocycles. The summed E-state index contributed by atoms with van der Waals surface area (Å²) in [6.45, 7) is 5.22. The summed E-state index contributed by atoms with van der Waals surface area (Å²) in [5.74, 6) is -3.45. The highest BCUT2D eigenvalue weighted by Crippen LogP contribution is 2.52. The molecule has 2 amide bonds. The minimum absolute atomic E-state index is 0.237. The van der Waals surface area contributed by atoms with Crippen LogP contribution >= 0.6 is 23.1 Å². The predicted octanol–water partition coefficient (Wildman–Crippen LogP) is 1.96. The maximum absolute atomic E-state index is 13.1. The first-order valence-corrected chi connectivity index (χ1v) is 11.4. The number of thioether (sulfide) groups is 1. The Hall–Kier alpha value is -2.59. The van der Waals surface area contributed by atoms with Gasteiger partial charge in [-0.15, -0.1) is 0 Å². The SMILES string of the molecule is CCN(CC)c1ccc([C@@H]2c3sc(=O)[nH]c3SC3C(=O)N(CC(=O)O)C(=O)C32)cc1. The van der Waals surface area contributed by atoms with Crippen LogP contribution in [0.1, 0.15) is 30.2 Å². The van der Waals surface area contributed by atoms with Crippen molar-refractivity contribution in [2.45, 2.75) is 30.0 Å². The van der Waals surface area contributed by atoms with Gasteiger partial charge in [-0.1, -0.05) is 35.2 Å². The van der Waals surface area contributed by atoms with Crippen molar-refractivity contribution in [3.05, 3.63) is 44.4 Å². The highest BCUT2D eigenvalue weighted by Gasteiger charge is 2.56. The number of anilines is 1. The van der Waals surface area contributed by atoms with Crippen molar-refractivity contribution in [2.24, 2.45) is 5.92 Å². The van der Waals surface area contributed by atoms with Crippen molar-refractivity contribution in [1.29, 1.82) is 0 Å². The molecule has 10 heteroatoms. The molecular formula is C20H21N3O5S2. The number of aliphatic carboxylic acids is 1. The number of benzene rings is 1. The van der Waals surface area contributed by atoms with Gasteiger partial charge in [-0.3, -0.25) is 24.1 Å². The zero-order chi connectivity index (χ0) is 21.6. The van der Waals surface area contributed by atoms with Crippen LogP contribution in [-0.4, -0.2) is 57.7 Å². The van der Waals surface area contributed by atoms with Crippen LogP contribution in [0, 0.1) is 5.92 Å². The van der Waals surface area contributed by atoms with Gasteiger partial charge in [-0.25, -0.2) is 0 Å². The fraction of sp³-hybridized carbons (Fsp3) is 0.400. The molecule has 30 heavy (non-hydrogen) atoms. The van der Waals surface area contributed by atoms with E-state index in [1.54, 1.807) is 0 Å². The quantitative estimate of drug-likeness (QED) is 0.651. The zero-order valence-corrected chi connectivity index (χ0v) is 18.1. The molecule has 1 saturated heterocycles. The number of hydrogen-bond donors (Lipinski definition) is 2. The van der Waals surface area contributed by atoms with E-state index in [1.165, 1.54) is 0 Å². The van der Waals surface area contributed by atoms with Gasteiger partial charge < -0.3 is 15.0 Å². The molecule has 1 aromatic carbocycles. The second-order valence-corrected chi connectivity index (χ2v) is 9.34. The largest absolute Gasteiger partial charge is 0.480 e. The Labute approximate surface area is 180 Å². The number of hydrogen-bond acceptors (Lipinski definition) is 7. The number of carboxylic acids is 1. The third kappa shape index (κ3) is 3.33. The number of H-pyrrole nitrogens is 1. The molecule has 0 spiro atoms. The van der Waals surface area contributed by atoms with Crippen LogP contribution < -0.4 is 9.77 Å².